The molecule has 1 rings (SSSR count). The van der Waals surface area contributed by atoms with Crippen LogP contribution in [0, 0.1) is 0 Å². The highest BCUT2D eigenvalue weighted by Crippen LogP contribution is 2.37. The standard InChI is InChI=1S/C13H16F5NO/c1-2-5-19-7-9-3-4-11(20-8-12(14)15)10(6-9)13(16,17)18/h3-4,6,12,19H,2,5,7-8H2,1H3. The minimum atomic E-state index is -4.64. The molecule has 0 aliphatic rings. The molecule has 0 unspecified atom stereocenters. The molecule has 1 aromatic carbocycles. The van der Waals surface area contributed by atoms with Gasteiger partial charge in [0.05, 0.1) is 5.56 Å². The van der Waals surface area contributed by atoms with Gasteiger partial charge in [-0.25, -0.2) is 8.78 Å². The molecule has 0 aromatic heterocycles. The van der Waals surface area contributed by atoms with E-state index in [1.165, 1.54) is 6.07 Å². The molecule has 0 saturated heterocycles. The van der Waals surface area contributed by atoms with Crippen LogP contribution in [0.25, 0.3) is 0 Å². The molecule has 0 bridgehead atoms. The summed E-state index contributed by atoms with van der Waals surface area (Å²) in [4.78, 5) is 0. The Balaban J connectivity index is 2.89. The number of hydrogen-bond donors (Lipinski definition) is 1. The molecule has 1 N–H and O–H groups in total. The molecule has 0 aliphatic carbocycles. The predicted molar refractivity (Wildman–Crippen MR) is 64.9 cm³/mol. The van der Waals surface area contributed by atoms with E-state index >= 15 is 0 Å². The Hall–Kier alpha value is -1.37. The maximum atomic E-state index is 12.9. The van der Waals surface area contributed by atoms with Crippen molar-refractivity contribution in [2.75, 3.05) is 13.2 Å². The highest BCUT2D eigenvalue weighted by atomic mass is 19.4. The molecule has 0 atom stereocenters. The van der Waals surface area contributed by atoms with E-state index in [1.54, 1.807) is 0 Å². The van der Waals surface area contributed by atoms with Gasteiger partial charge in [0.15, 0.2) is 0 Å². The molecular weight excluding hydrogens is 281 g/mol. The number of halogens is 5. The average Bonchev–Trinajstić information content (AvgIpc) is 2.36. The van der Waals surface area contributed by atoms with E-state index in [4.69, 9.17) is 0 Å². The molecule has 0 saturated carbocycles. The van der Waals surface area contributed by atoms with Crippen molar-refractivity contribution >= 4 is 0 Å². The van der Waals surface area contributed by atoms with E-state index in [0.29, 0.717) is 12.1 Å². The van der Waals surface area contributed by atoms with Crippen molar-refractivity contribution in [1.29, 1.82) is 0 Å². The molecule has 7 heteroatoms. The molecule has 0 fully saturated rings. The number of nitrogens with one attached hydrogen (secondary N) is 1. The molecule has 2 nitrogen and oxygen atoms in total. The van der Waals surface area contributed by atoms with Crippen LogP contribution in [0.15, 0.2) is 18.2 Å². The fraction of sp³-hybridized carbons (Fsp3) is 0.538. The van der Waals surface area contributed by atoms with Crippen molar-refractivity contribution in [2.24, 2.45) is 0 Å². The number of hydrogen-bond acceptors (Lipinski definition) is 2. The van der Waals surface area contributed by atoms with Crippen molar-refractivity contribution in [3.05, 3.63) is 29.3 Å². The molecule has 0 heterocycles. The summed E-state index contributed by atoms with van der Waals surface area (Å²) in [5, 5.41) is 2.97. The Morgan fingerprint density at radius 3 is 2.50 bits per heavy atom. The zero-order chi connectivity index (χ0) is 15.2. The molecule has 114 valence electrons. The van der Waals surface area contributed by atoms with Gasteiger partial charge in [-0.2, -0.15) is 13.2 Å². The molecule has 0 amide bonds. The lowest BCUT2D eigenvalue weighted by Gasteiger charge is -2.15. The monoisotopic (exact) mass is 297 g/mol. The first kappa shape index (κ1) is 16.7. The lowest BCUT2D eigenvalue weighted by Crippen LogP contribution is -2.16. The summed E-state index contributed by atoms with van der Waals surface area (Å²) in [5.74, 6) is -0.572. The molecule has 1 aromatic rings. The summed E-state index contributed by atoms with van der Waals surface area (Å²) in [5.41, 5.74) is -0.607. The number of rotatable bonds is 7. The smallest absolute Gasteiger partial charge is 0.419 e. The van der Waals surface area contributed by atoms with Gasteiger partial charge in [-0.15, -0.1) is 0 Å². The molecule has 0 radical (unpaired) electrons. The van der Waals surface area contributed by atoms with Gasteiger partial charge in [0.25, 0.3) is 6.43 Å². The SMILES string of the molecule is CCCNCc1ccc(OCC(F)F)c(C(F)(F)F)c1. The lowest BCUT2D eigenvalue weighted by atomic mass is 10.1. The van der Waals surface area contributed by atoms with Gasteiger partial charge in [-0.05, 0) is 30.7 Å². The van der Waals surface area contributed by atoms with Crippen LogP contribution in [0.4, 0.5) is 22.0 Å². The second-order valence-corrected chi connectivity index (χ2v) is 4.21. The number of alkyl halides is 5. The first-order chi connectivity index (χ1) is 9.34. The molecule has 0 spiro atoms. The topological polar surface area (TPSA) is 21.3 Å². The third-order valence-corrected chi connectivity index (χ3v) is 2.47. The van der Waals surface area contributed by atoms with Crippen LogP contribution >= 0.6 is 0 Å². The maximum absolute atomic E-state index is 12.9. The van der Waals surface area contributed by atoms with Gasteiger partial charge >= 0.3 is 6.18 Å². The summed E-state index contributed by atoms with van der Waals surface area (Å²) in [6.07, 6.45) is -6.60. The first-order valence-corrected chi connectivity index (χ1v) is 6.16. The van der Waals surface area contributed by atoms with Crippen molar-refractivity contribution in [3.8, 4) is 5.75 Å². The summed E-state index contributed by atoms with van der Waals surface area (Å²) in [7, 11) is 0. The van der Waals surface area contributed by atoms with Gasteiger partial charge in [-0.1, -0.05) is 13.0 Å². The van der Waals surface area contributed by atoms with Crippen molar-refractivity contribution in [2.45, 2.75) is 32.5 Å². The quantitative estimate of drug-likeness (QED) is 0.610. The summed E-state index contributed by atoms with van der Waals surface area (Å²) < 4.78 is 67.1. The second-order valence-electron chi connectivity index (χ2n) is 4.21. The van der Waals surface area contributed by atoms with E-state index < -0.39 is 30.5 Å². The molecule has 0 aliphatic heterocycles. The zero-order valence-corrected chi connectivity index (χ0v) is 10.9. The Labute approximate surface area is 113 Å². The van der Waals surface area contributed by atoms with E-state index in [-0.39, 0.29) is 6.54 Å². The van der Waals surface area contributed by atoms with Crippen molar-refractivity contribution in [1.82, 2.24) is 5.32 Å². The summed E-state index contributed by atoms with van der Waals surface area (Å²) in [6.45, 7) is 1.85. The van der Waals surface area contributed by atoms with Crippen LogP contribution in [0.2, 0.25) is 0 Å². The largest absolute Gasteiger partial charge is 0.487 e. The maximum Gasteiger partial charge on any atom is 0.419 e. The second kappa shape index (κ2) is 7.42. The fourth-order valence-corrected chi connectivity index (χ4v) is 1.60. The molecule has 20 heavy (non-hydrogen) atoms. The van der Waals surface area contributed by atoms with Gasteiger partial charge in [0.2, 0.25) is 0 Å². The fourth-order valence-electron chi connectivity index (χ4n) is 1.60. The van der Waals surface area contributed by atoms with Crippen molar-refractivity contribution < 1.29 is 26.7 Å². The van der Waals surface area contributed by atoms with E-state index in [0.717, 1.165) is 18.6 Å². The van der Waals surface area contributed by atoms with Gasteiger partial charge in [0, 0.05) is 6.54 Å². The van der Waals surface area contributed by atoms with Gasteiger partial charge < -0.3 is 10.1 Å². The third kappa shape index (κ3) is 5.32. The van der Waals surface area contributed by atoms with E-state index in [9.17, 15) is 22.0 Å². The molecular formula is C13H16F5NO. The third-order valence-electron chi connectivity index (χ3n) is 2.47. The van der Waals surface area contributed by atoms with Crippen LogP contribution in [-0.4, -0.2) is 19.6 Å². The predicted octanol–water partition coefficient (Wildman–Crippen LogP) is 3.85. The highest BCUT2D eigenvalue weighted by molar-refractivity contribution is 5.39. The summed E-state index contributed by atoms with van der Waals surface area (Å²) in [6, 6.07) is 3.43. The number of ether oxygens (including phenoxy) is 1. The van der Waals surface area contributed by atoms with Crippen LogP contribution in [0.5, 0.6) is 5.75 Å². The Morgan fingerprint density at radius 1 is 1.25 bits per heavy atom. The average molecular weight is 297 g/mol. The zero-order valence-electron chi connectivity index (χ0n) is 10.9. The van der Waals surface area contributed by atoms with Crippen LogP contribution in [-0.2, 0) is 12.7 Å². The van der Waals surface area contributed by atoms with Crippen molar-refractivity contribution in [3.63, 3.8) is 0 Å². The first-order valence-electron chi connectivity index (χ1n) is 6.16. The Kier molecular flexibility index (Phi) is 6.19. The van der Waals surface area contributed by atoms with Crippen LogP contribution in [0.1, 0.15) is 24.5 Å². The highest BCUT2D eigenvalue weighted by Gasteiger charge is 2.34. The normalized spacial score (nSPS) is 11.9. The minimum absolute atomic E-state index is 0.284. The van der Waals surface area contributed by atoms with E-state index in [1.807, 2.05) is 6.92 Å². The van der Waals surface area contributed by atoms with Crippen LogP contribution < -0.4 is 10.1 Å². The Bertz CT molecular complexity index is 420. The lowest BCUT2D eigenvalue weighted by molar-refractivity contribution is -0.139. The number of benzene rings is 1. The van der Waals surface area contributed by atoms with Gasteiger partial charge in [0.1, 0.15) is 12.4 Å². The van der Waals surface area contributed by atoms with E-state index in [2.05, 4.69) is 10.1 Å². The Morgan fingerprint density at radius 2 is 1.95 bits per heavy atom. The summed E-state index contributed by atoms with van der Waals surface area (Å²) >= 11 is 0. The minimum Gasteiger partial charge on any atom is -0.487 e. The van der Waals surface area contributed by atoms with Gasteiger partial charge in [-0.3, -0.25) is 0 Å². The van der Waals surface area contributed by atoms with Crippen LogP contribution in [0.3, 0.4) is 0 Å².